The molecule has 0 aromatic carbocycles. The van der Waals surface area contributed by atoms with Crippen LogP contribution in [0.5, 0.6) is 0 Å². The molecule has 0 aliphatic rings. The highest BCUT2D eigenvalue weighted by Crippen LogP contribution is 2.09. The van der Waals surface area contributed by atoms with E-state index < -0.39 is 0 Å². The van der Waals surface area contributed by atoms with Crippen LogP contribution in [0.4, 0.5) is 0 Å². The first-order valence-corrected chi connectivity index (χ1v) is 8.67. The normalized spacial score (nSPS) is 11.5. The summed E-state index contributed by atoms with van der Waals surface area (Å²) in [6.45, 7) is 2.63. The number of aliphatic hydroxyl groups excluding tert-OH is 1. The van der Waals surface area contributed by atoms with E-state index >= 15 is 0 Å². The van der Waals surface area contributed by atoms with Gasteiger partial charge < -0.3 is 5.11 Å². The van der Waals surface area contributed by atoms with E-state index in [1.54, 1.807) is 0 Å². The van der Waals surface area contributed by atoms with Crippen molar-refractivity contribution < 1.29 is 5.11 Å². The summed E-state index contributed by atoms with van der Waals surface area (Å²) in [6, 6.07) is 0. The van der Waals surface area contributed by atoms with Crippen LogP contribution >= 0.6 is 0 Å². The summed E-state index contributed by atoms with van der Waals surface area (Å²) >= 11 is 0. The minimum absolute atomic E-state index is 0.364. The van der Waals surface area contributed by atoms with Gasteiger partial charge in [0.15, 0.2) is 0 Å². The molecule has 0 fully saturated rings. The van der Waals surface area contributed by atoms with Crippen molar-refractivity contribution in [2.75, 3.05) is 6.61 Å². The quantitative estimate of drug-likeness (QED) is 0.284. The first kappa shape index (κ1) is 18.7. The number of allylic oxidation sites excluding steroid dienone is 2. The predicted octanol–water partition coefficient (Wildman–Crippen LogP) is 6.02. The van der Waals surface area contributed by atoms with Crippen LogP contribution in [0.2, 0.25) is 0 Å². The summed E-state index contributed by atoms with van der Waals surface area (Å²) in [5, 5.41) is 8.66. The first-order valence-electron chi connectivity index (χ1n) is 8.67. The molecule has 0 aromatic rings. The van der Waals surface area contributed by atoms with E-state index in [0.29, 0.717) is 6.61 Å². The van der Waals surface area contributed by atoms with Crippen LogP contribution in [0, 0.1) is 0 Å². The summed E-state index contributed by atoms with van der Waals surface area (Å²) in [5.74, 6) is 0. The topological polar surface area (TPSA) is 20.2 Å². The second kappa shape index (κ2) is 17.7. The van der Waals surface area contributed by atoms with Crippen molar-refractivity contribution in [2.45, 2.75) is 96.8 Å². The van der Waals surface area contributed by atoms with Gasteiger partial charge in [-0.05, 0) is 32.1 Å². The van der Waals surface area contributed by atoms with Crippen molar-refractivity contribution in [1.29, 1.82) is 0 Å². The van der Waals surface area contributed by atoms with Gasteiger partial charge in [0.05, 0.1) is 0 Å². The maximum absolute atomic E-state index is 8.66. The minimum Gasteiger partial charge on any atom is -0.396 e. The Bertz CT molecular complexity index is 175. The Labute approximate surface area is 121 Å². The number of hydrogen-bond acceptors (Lipinski definition) is 1. The van der Waals surface area contributed by atoms with Gasteiger partial charge in [-0.1, -0.05) is 76.9 Å². The standard InChI is InChI=1S/C18H36O/c1-2-3-4-5-6-7-8-9-10-11-12-13-14-15-16-17-18-19/h8-9,19H,2-7,10-18H2,1H3/b9-8+. The van der Waals surface area contributed by atoms with Crippen LogP contribution in [0.25, 0.3) is 0 Å². The number of aliphatic hydroxyl groups is 1. The van der Waals surface area contributed by atoms with Crippen molar-refractivity contribution in [1.82, 2.24) is 0 Å². The SMILES string of the molecule is CCCCCCC/C=C/CCCCCCCCCO. The molecule has 0 aliphatic heterocycles. The zero-order chi connectivity index (χ0) is 14.0. The van der Waals surface area contributed by atoms with Crippen molar-refractivity contribution in [3.8, 4) is 0 Å². The van der Waals surface area contributed by atoms with Crippen molar-refractivity contribution in [3.63, 3.8) is 0 Å². The molecule has 0 spiro atoms. The van der Waals surface area contributed by atoms with Gasteiger partial charge in [0, 0.05) is 6.61 Å². The number of rotatable bonds is 15. The third-order valence-corrected chi connectivity index (χ3v) is 3.67. The van der Waals surface area contributed by atoms with E-state index in [4.69, 9.17) is 5.11 Å². The molecular weight excluding hydrogens is 232 g/mol. The summed E-state index contributed by atoms with van der Waals surface area (Å²) in [5.41, 5.74) is 0. The Kier molecular flexibility index (Phi) is 17.4. The van der Waals surface area contributed by atoms with E-state index in [-0.39, 0.29) is 0 Å². The molecule has 0 saturated heterocycles. The molecule has 0 rings (SSSR count). The first-order chi connectivity index (χ1) is 9.41. The monoisotopic (exact) mass is 268 g/mol. The molecule has 0 atom stereocenters. The summed E-state index contributed by atoms with van der Waals surface area (Å²) in [4.78, 5) is 0. The molecule has 1 heteroatoms. The molecule has 0 amide bonds. The largest absolute Gasteiger partial charge is 0.396 e. The zero-order valence-electron chi connectivity index (χ0n) is 13.2. The summed E-state index contributed by atoms with van der Waals surface area (Å²) in [6.07, 6.45) is 23.2. The van der Waals surface area contributed by atoms with Gasteiger partial charge in [-0.2, -0.15) is 0 Å². The zero-order valence-corrected chi connectivity index (χ0v) is 13.2. The van der Waals surface area contributed by atoms with Crippen molar-refractivity contribution in [3.05, 3.63) is 12.2 Å². The third kappa shape index (κ3) is 17.7. The average Bonchev–Trinajstić information content (AvgIpc) is 2.43. The highest BCUT2D eigenvalue weighted by atomic mass is 16.2. The van der Waals surface area contributed by atoms with E-state index in [1.165, 1.54) is 83.5 Å². The van der Waals surface area contributed by atoms with Gasteiger partial charge in [-0.15, -0.1) is 0 Å². The fourth-order valence-electron chi connectivity index (χ4n) is 2.36. The van der Waals surface area contributed by atoms with Crippen LogP contribution in [0.3, 0.4) is 0 Å². The summed E-state index contributed by atoms with van der Waals surface area (Å²) < 4.78 is 0. The second-order valence-electron chi connectivity index (χ2n) is 5.66. The number of unbranched alkanes of at least 4 members (excludes halogenated alkanes) is 12. The lowest BCUT2D eigenvalue weighted by atomic mass is 10.1. The summed E-state index contributed by atoms with van der Waals surface area (Å²) in [7, 11) is 0. The minimum atomic E-state index is 0.364. The van der Waals surface area contributed by atoms with E-state index in [0.717, 1.165) is 6.42 Å². The second-order valence-corrected chi connectivity index (χ2v) is 5.66. The van der Waals surface area contributed by atoms with Gasteiger partial charge >= 0.3 is 0 Å². The molecule has 1 nitrogen and oxygen atoms in total. The maximum atomic E-state index is 8.66. The lowest BCUT2D eigenvalue weighted by Crippen LogP contribution is -1.83. The lowest BCUT2D eigenvalue weighted by molar-refractivity contribution is 0.282. The molecule has 0 unspecified atom stereocenters. The molecule has 1 N–H and O–H groups in total. The van der Waals surface area contributed by atoms with Gasteiger partial charge in [-0.3, -0.25) is 0 Å². The third-order valence-electron chi connectivity index (χ3n) is 3.67. The highest BCUT2D eigenvalue weighted by Gasteiger charge is 1.91. The van der Waals surface area contributed by atoms with Crippen LogP contribution in [-0.2, 0) is 0 Å². The highest BCUT2D eigenvalue weighted by molar-refractivity contribution is 4.81. The van der Waals surface area contributed by atoms with Crippen LogP contribution < -0.4 is 0 Å². The molecule has 114 valence electrons. The van der Waals surface area contributed by atoms with Gasteiger partial charge in [0.25, 0.3) is 0 Å². The van der Waals surface area contributed by atoms with Crippen molar-refractivity contribution in [2.24, 2.45) is 0 Å². The van der Waals surface area contributed by atoms with Gasteiger partial charge in [0.1, 0.15) is 0 Å². The molecule has 0 bridgehead atoms. The molecule has 0 aliphatic carbocycles. The molecular formula is C18H36O. The van der Waals surface area contributed by atoms with Crippen LogP contribution in [0.1, 0.15) is 96.8 Å². The smallest absolute Gasteiger partial charge is 0.0431 e. The van der Waals surface area contributed by atoms with Gasteiger partial charge in [-0.25, -0.2) is 0 Å². The van der Waals surface area contributed by atoms with Crippen LogP contribution in [-0.4, -0.2) is 11.7 Å². The fraction of sp³-hybridized carbons (Fsp3) is 0.889. The fourth-order valence-corrected chi connectivity index (χ4v) is 2.36. The molecule has 0 heterocycles. The molecule has 0 radical (unpaired) electrons. The maximum Gasteiger partial charge on any atom is 0.0431 e. The number of hydrogen-bond donors (Lipinski definition) is 1. The van der Waals surface area contributed by atoms with Gasteiger partial charge in [0.2, 0.25) is 0 Å². The Balaban J connectivity index is 3.00. The molecule has 0 aromatic heterocycles. The lowest BCUT2D eigenvalue weighted by Gasteiger charge is -1.99. The Morgan fingerprint density at radius 3 is 1.47 bits per heavy atom. The van der Waals surface area contributed by atoms with Crippen molar-refractivity contribution >= 4 is 0 Å². The average molecular weight is 268 g/mol. The van der Waals surface area contributed by atoms with E-state index in [2.05, 4.69) is 19.1 Å². The van der Waals surface area contributed by atoms with Crippen LogP contribution in [0.15, 0.2) is 12.2 Å². The van der Waals surface area contributed by atoms with E-state index in [9.17, 15) is 0 Å². The Morgan fingerprint density at radius 1 is 0.579 bits per heavy atom. The molecule has 19 heavy (non-hydrogen) atoms. The Hall–Kier alpha value is -0.300. The van der Waals surface area contributed by atoms with E-state index in [1.807, 2.05) is 0 Å². The Morgan fingerprint density at radius 2 is 1.00 bits per heavy atom. The predicted molar refractivity (Wildman–Crippen MR) is 86.5 cm³/mol. The molecule has 0 saturated carbocycles.